The van der Waals surface area contributed by atoms with Crippen molar-refractivity contribution in [2.24, 2.45) is 5.73 Å². The van der Waals surface area contributed by atoms with E-state index in [0.717, 1.165) is 10.2 Å². The minimum atomic E-state index is -0.737. The van der Waals surface area contributed by atoms with Crippen LogP contribution in [0.2, 0.25) is 0 Å². The molecule has 0 spiro atoms. The lowest BCUT2D eigenvalue weighted by atomic mass is 10.1. The Labute approximate surface area is 139 Å². The highest BCUT2D eigenvalue weighted by atomic mass is 32.1. The molecule has 0 fully saturated rings. The van der Waals surface area contributed by atoms with Crippen molar-refractivity contribution in [1.29, 1.82) is 0 Å². The molecule has 2 aromatic heterocycles. The Morgan fingerprint density at radius 3 is 2.83 bits per heavy atom. The fourth-order valence-electron chi connectivity index (χ4n) is 2.53. The molecule has 0 atom stereocenters. The topological polar surface area (TPSA) is 98.2 Å². The molecule has 4 rings (SSSR count). The number of fused-ring (bicyclic) bond motifs is 2. The third-order valence-corrected chi connectivity index (χ3v) is 4.44. The number of carbonyl (C=O) groups excluding carboxylic acids is 2. The lowest BCUT2D eigenvalue weighted by molar-refractivity contribution is 0.0977. The normalized spacial score (nSPS) is 11.0. The largest absolute Gasteiger partial charge is 0.449 e. The maximum atomic E-state index is 12.6. The van der Waals surface area contributed by atoms with Crippen LogP contribution in [0, 0.1) is 0 Å². The summed E-state index contributed by atoms with van der Waals surface area (Å²) in [6.45, 7) is 0. The molecule has 118 valence electrons. The van der Waals surface area contributed by atoms with E-state index in [1.807, 2.05) is 0 Å². The molecule has 0 aliphatic heterocycles. The van der Waals surface area contributed by atoms with Crippen LogP contribution in [0.15, 0.2) is 52.4 Å². The Morgan fingerprint density at radius 2 is 2.00 bits per heavy atom. The SMILES string of the molecule is NC(=O)c1oc2ccccc2c1NC(=O)c1ccc2ncsc2c1. The number of thiazole rings is 1. The number of benzene rings is 2. The van der Waals surface area contributed by atoms with Crippen LogP contribution in [0.4, 0.5) is 5.69 Å². The highest BCUT2D eigenvalue weighted by Crippen LogP contribution is 2.31. The van der Waals surface area contributed by atoms with Crippen molar-refractivity contribution in [3.8, 4) is 0 Å². The number of anilines is 1. The highest BCUT2D eigenvalue weighted by Gasteiger charge is 2.20. The molecule has 2 aromatic carbocycles. The lowest BCUT2D eigenvalue weighted by Crippen LogP contribution is -2.17. The smallest absolute Gasteiger partial charge is 0.286 e. The van der Waals surface area contributed by atoms with Crippen LogP contribution in [-0.4, -0.2) is 16.8 Å². The number of furan rings is 1. The quantitative estimate of drug-likeness (QED) is 0.598. The van der Waals surface area contributed by atoms with Gasteiger partial charge in [0.05, 0.1) is 15.7 Å². The molecule has 0 bridgehead atoms. The zero-order valence-corrected chi connectivity index (χ0v) is 13.1. The summed E-state index contributed by atoms with van der Waals surface area (Å²) in [4.78, 5) is 28.4. The first-order chi connectivity index (χ1) is 11.6. The van der Waals surface area contributed by atoms with Gasteiger partial charge in [-0.2, -0.15) is 0 Å². The van der Waals surface area contributed by atoms with E-state index in [9.17, 15) is 9.59 Å². The molecule has 0 saturated carbocycles. The zero-order chi connectivity index (χ0) is 16.7. The molecule has 2 amide bonds. The van der Waals surface area contributed by atoms with Gasteiger partial charge in [0.15, 0.2) is 0 Å². The van der Waals surface area contributed by atoms with Crippen LogP contribution in [0.1, 0.15) is 20.9 Å². The summed E-state index contributed by atoms with van der Waals surface area (Å²) in [5, 5.41) is 3.36. The highest BCUT2D eigenvalue weighted by molar-refractivity contribution is 7.16. The summed E-state index contributed by atoms with van der Waals surface area (Å²) in [6.07, 6.45) is 0. The maximum Gasteiger partial charge on any atom is 0.286 e. The number of nitrogens with two attached hydrogens (primary N) is 1. The van der Waals surface area contributed by atoms with Gasteiger partial charge in [0.2, 0.25) is 5.76 Å². The second-order valence-electron chi connectivity index (χ2n) is 5.16. The van der Waals surface area contributed by atoms with Crippen molar-refractivity contribution in [1.82, 2.24) is 4.98 Å². The van der Waals surface area contributed by atoms with Gasteiger partial charge >= 0.3 is 0 Å². The van der Waals surface area contributed by atoms with Crippen molar-refractivity contribution < 1.29 is 14.0 Å². The molecule has 4 aromatic rings. The van der Waals surface area contributed by atoms with E-state index in [0.29, 0.717) is 16.5 Å². The second kappa shape index (κ2) is 5.47. The van der Waals surface area contributed by atoms with Gasteiger partial charge in [-0.25, -0.2) is 4.98 Å². The number of primary amides is 1. The predicted molar refractivity (Wildman–Crippen MR) is 92.3 cm³/mol. The van der Waals surface area contributed by atoms with Crippen LogP contribution >= 0.6 is 11.3 Å². The molecule has 2 heterocycles. The Bertz CT molecular complexity index is 1100. The van der Waals surface area contributed by atoms with Crippen LogP contribution in [0.25, 0.3) is 21.2 Å². The molecule has 0 aliphatic rings. The number of aromatic nitrogens is 1. The molecule has 0 saturated heterocycles. The molecule has 0 radical (unpaired) electrons. The molecule has 3 N–H and O–H groups in total. The molecule has 7 heteroatoms. The number of nitrogens with zero attached hydrogens (tertiary/aromatic N) is 1. The minimum Gasteiger partial charge on any atom is -0.449 e. The first kappa shape index (κ1) is 14.4. The molecule has 24 heavy (non-hydrogen) atoms. The van der Waals surface area contributed by atoms with Gasteiger partial charge in [-0.3, -0.25) is 9.59 Å². The Hall–Kier alpha value is -3.19. The third-order valence-electron chi connectivity index (χ3n) is 3.65. The van der Waals surface area contributed by atoms with Gasteiger partial charge in [-0.1, -0.05) is 12.1 Å². The summed E-state index contributed by atoms with van der Waals surface area (Å²) in [7, 11) is 0. The fourth-order valence-corrected chi connectivity index (χ4v) is 3.24. The number of rotatable bonds is 3. The second-order valence-corrected chi connectivity index (χ2v) is 6.04. The summed E-state index contributed by atoms with van der Waals surface area (Å²) in [5.41, 5.74) is 9.16. The summed E-state index contributed by atoms with van der Waals surface area (Å²) in [6, 6.07) is 12.3. The molecule has 0 unspecified atom stereocenters. The van der Waals surface area contributed by atoms with Crippen molar-refractivity contribution in [3.05, 3.63) is 59.3 Å². The van der Waals surface area contributed by atoms with E-state index >= 15 is 0 Å². The minimum absolute atomic E-state index is 0.0663. The van der Waals surface area contributed by atoms with Crippen LogP contribution in [0.5, 0.6) is 0 Å². The van der Waals surface area contributed by atoms with Crippen molar-refractivity contribution in [2.45, 2.75) is 0 Å². The van der Waals surface area contributed by atoms with Gasteiger partial charge in [0.25, 0.3) is 11.8 Å². The molecular weight excluding hydrogens is 326 g/mol. The third kappa shape index (κ3) is 2.31. The average Bonchev–Trinajstić information content (AvgIpc) is 3.19. The Kier molecular flexibility index (Phi) is 3.28. The van der Waals surface area contributed by atoms with Crippen LogP contribution in [0.3, 0.4) is 0 Å². The number of hydrogen-bond acceptors (Lipinski definition) is 5. The zero-order valence-electron chi connectivity index (χ0n) is 12.3. The van der Waals surface area contributed by atoms with Gasteiger partial charge in [-0.05, 0) is 30.3 Å². The number of para-hydroxylation sites is 1. The fraction of sp³-hybridized carbons (Fsp3) is 0. The lowest BCUT2D eigenvalue weighted by Gasteiger charge is -2.05. The van der Waals surface area contributed by atoms with Gasteiger partial charge in [0, 0.05) is 10.9 Å². The number of carbonyl (C=O) groups is 2. The molecular formula is C17H11N3O3S. The van der Waals surface area contributed by atoms with Gasteiger partial charge in [-0.15, -0.1) is 11.3 Å². The van der Waals surface area contributed by atoms with Crippen LogP contribution < -0.4 is 11.1 Å². The number of hydrogen-bond donors (Lipinski definition) is 2. The summed E-state index contributed by atoms with van der Waals surface area (Å²) < 4.78 is 6.37. The van der Waals surface area contributed by atoms with E-state index in [4.69, 9.17) is 10.2 Å². The van der Waals surface area contributed by atoms with Crippen molar-refractivity contribution in [3.63, 3.8) is 0 Å². The maximum absolute atomic E-state index is 12.6. The van der Waals surface area contributed by atoms with E-state index in [-0.39, 0.29) is 17.4 Å². The van der Waals surface area contributed by atoms with Gasteiger partial charge < -0.3 is 15.5 Å². The Balaban J connectivity index is 1.76. The summed E-state index contributed by atoms with van der Waals surface area (Å²) in [5.74, 6) is -1.15. The predicted octanol–water partition coefficient (Wildman–Crippen LogP) is 3.39. The first-order valence-corrected chi connectivity index (χ1v) is 7.97. The average molecular weight is 337 g/mol. The van der Waals surface area contributed by atoms with E-state index in [1.54, 1.807) is 48.0 Å². The van der Waals surface area contributed by atoms with E-state index in [2.05, 4.69) is 10.3 Å². The number of nitrogens with one attached hydrogen (secondary N) is 1. The van der Waals surface area contributed by atoms with Crippen LogP contribution in [-0.2, 0) is 0 Å². The molecule has 6 nitrogen and oxygen atoms in total. The first-order valence-electron chi connectivity index (χ1n) is 7.09. The standard InChI is InChI=1S/C17H11N3O3S/c18-16(21)15-14(10-3-1-2-4-12(10)23-15)20-17(22)9-5-6-11-13(7-9)24-8-19-11/h1-8H,(H2,18,21)(H,20,22). The van der Waals surface area contributed by atoms with E-state index in [1.165, 1.54) is 11.3 Å². The van der Waals surface area contributed by atoms with Gasteiger partial charge in [0.1, 0.15) is 11.3 Å². The number of amides is 2. The Morgan fingerprint density at radius 1 is 1.17 bits per heavy atom. The van der Waals surface area contributed by atoms with Crippen molar-refractivity contribution >= 4 is 50.0 Å². The summed E-state index contributed by atoms with van der Waals surface area (Å²) >= 11 is 1.45. The van der Waals surface area contributed by atoms with E-state index < -0.39 is 5.91 Å². The van der Waals surface area contributed by atoms with Crippen molar-refractivity contribution in [2.75, 3.05) is 5.32 Å². The monoisotopic (exact) mass is 337 g/mol. The molecule has 0 aliphatic carbocycles.